The van der Waals surface area contributed by atoms with Gasteiger partial charge in [0.25, 0.3) is 0 Å². The molecule has 0 spiro atoms. The lowest BCUT2D eigenvalue weighted by Gasteiger charge is -2.26. The number of carbonyl (C=O) groups is 1. The summed E-state index contributed by atoms with van der Waals surface area (Å²) in [5.41, 5.74) is 0.686. The lowest BCUT2D eigenvalue weighted by molar-refractivity contribution is -0.121. The van der Waals surface area contributed by atoms with Gasteiger partial charge in [-0.05, 0) is 42.0 Å². The highest BCUT2D eigenvalue weighted by atomic mass is 79.9. The Morgan fingerprint density at radius 1 is 1.10 bits per heavy atom. The Morgan fingerprint density at radius 3 is 2.52 bits per heavy atom. The van der Waals surface area contributed by atoms with E-state index in [1.54, 1.807) is 12.1 Å². The number of rotatable bonds is 8. The van der Waals surface area contributed by atoms with E-state index < -0.39 is 10.0 Å². The van der Waals surface area contributed by atoms with Crippen molar-refractivity contribution in [2.45, 2.75) is 30.6 Å². The van der Waals surface area contributed by atoms with Gasteiger partial charge in [0.2, 0.25) is 22.7 Å². The summed E-state index contributed by atoms with van der Waals surface area (Å²) in [5.74, 6) is 1.19. The van der Waals surface area contributed by atoms with Gasteiger partial charge in [-0.2, -0.15) is 0 Å². The SMILES string of the molecule is CC(C)(CNC(=O)CCNS(=O)(=O)c1ccc(Br)cc1)c1ccc2c(c1)OCO2. The molecule has 0 aromatic heterocycles. The van der Waals surface area contributed by atoms with Gasteiger partial charge < -0.3 is 14.8 Å². The van der Waals surface area contributed by atoms with Crippen LogP contribution >= 0.6 is 15.9 Å². The predicted molar refractivity (Wildman–Crippen MR) is 113 cm³/mol. The number of benzene rings is 2. The molecule has 0 bridgehead atoms. The van der Waals surface area contributed by atoms with Crippen molar-refractivity contribution in [3.8, 4) is 11.5 Å². The molecule has 1 heterocycles. The minimum Gasteiger partial charge on any atom is -0.454 e. The van der Waals surface area contributed by atoms with Crippen molar-refractivity contribution in [3.05, 3.63) is 52.5 Å². The van der Waals surface area contributed by atoms with Crippen LogP contribution in [0.4, 0.5) is 0 Å². The van der Waals surface area contributed by atoms with Gasteiger partial charge in [-0.15, -0.1) is 0 Å². The monoisotopic (exact) mass is 482 g/mol. The molecule has 2 aromatic carbocycles. The average Bonchev–Trinajstić information content (AvgIpc) is 3.14. The van der Waals surface area contributed by atoms with Crippen LogP contribution in [0.5, 0.6) is 11.5 Å². The predicted octanol–water partition coefficient (Wildman–Crippen LogP) is 2.94. The molecule has 0 saturated heterocycles. The summed E-state index contributed by atoms with van der Waals surface area (Å²) in [6.45, 7) is 4.67. The molecule has 1 aliphatic heterocycles. The fraction of sp³-hybridized carbons (Fsp3) is 0.350. The fourth-order valence-electron chi connectivity index (χ4n) is 2.82. The van der Waals surface area contributed by atoms with Crippen LogP contribution in [0.3, 0.4) is 0 Å². The van der Waals surface area contributed by atoms with Crippen molar-refractivity contribution in [2.24, 2.45) is 0 Å². The van der Waals surface area contributed by atoms with Gasteiger partial charge in [-0.1, -0.05) is 35.8 Å². The molecule has 1 aliphatic rings. The maximum absolute atomic E-state index is 12.2. The van der Waals surface area contributed by atoms with Gasteiger partial charge in [0.15, 0.2) is 11.5 Å². The zero-order valence-corrected chi connectivity index (χ0v) is 18.6. The van der Waals surface area contributed by atoms with Gasteiger partial charge in [0, 0.05) is 29.4 Å². The maximum atomic E-state index is 12.2. The first-order chi connectivity index (χ1) is 13.7. The number of hydrogen-bond donors (Lipinski definition) is 2. The third-order valence-corrected chi connectivity index (χ3v) is 6.66. The second kappa shape index (κ2) is 8.73. The average molecular weight is 483 g/mol. The first-order valence-electron chi connectivity index (χ1n) is 9.09. The number of hydrogen-bond acceptors (Lipinski definition) is 5. The van der Waals surface area contributed by atoms with E-state index >= 15 is 0 Å². The van der Waals surface area contributed by atoms with Crippen LogP contribution in [0.25, 0.3) is 0 Å². The van der Waals surface area contributed by atoms with Crippen LogP contribution in [0, 0.1) is 0 Å². The zero-order valence-electron chi connectivity index (χ0n) is 16.2. The Bertz CT molecular complexity index is 990. The highest BCUT2D eigenvalue weighted by Gasteiger charge is 2.24. The van der Waals surface area contributed by atoms with Crippen LogP contribution in [0.15, 0.2) is 51.8 Å². The summed E-state index contributed by atoms with van der Waals surface area (Å²) in [4.78, 5) is 12.3. The number of ether oxygens (including phenoxy) is 2. The van der Waals surface area contributed by atoms with E-state index in [0.717, 1.165) is 10.0 Å². The van der Waals surface area contributed by atoms with Crippen molar-refractivity contribution in [3.63, 3.8) is 0 Å². The van der Waals surface area contributed by atoms with Crippen molar-refractivity contribution in [2.75, 3.05) is 19.9 Å². The Kier molecular flexibility index (Phi) is 6.50. The van der Waals surface area contributed by atoms with Gasteiger partial charge in [0.1, 0.15) is 0 Å². The Labute approximate surface area is 179 Å². The summed E-state index contributed by atoms with van der Waals surface area (Å²) in [6, 6.07) is 12.0. The molecular formula is C20H23BrN2O5S. The molecule has 0 radical (unpaired) electrons. The topological polar surface area (TPSA) is 93.7 Å². The van der Waals surface area contributed by atoms with E-state index in [9.17, 15) is 13.2 Å². The largest absolute Gasteiger partial charge is 0.454 e. The second-order valence-electron chi connectivity index (χ2n) is 7.33. The molecule has 0 saturated carbocycles. The molecule has 156 valence electrons. The van der Waals surface area contributed by atoms with Crippen LogP contribution in [-0.2, 0) is 20.2 Å². The number of nitrogens with one attached hydrogen (secondary N) is 2. The molecule has 7 nitrogen and oxygen atoms in total. The number of amides is 1. The fourth-order valence-corrected chi connectivity index (χ4v) is 4.12. The van der Waals surface area contributed by atoms with Crippen LogP contribution in [0.2, 0.25) is 0 Å². The summed E-state index contributed by atoms with van der Waals surface area (Å²) < 4.78 is 38.5. The first-order valence-corrected chi connectivity index (χ1v) is 11.4. The van der Waals surface area contributed by atoms with Gasteiger partial charge in [-0.25, -0.2) is 13.1 Å². The Hall–Kier alpha value is -2.10. The van der Waals surface area contributed by atoms with E-state index in [1.165, 1.54) is 12.1 Å². The number of carbonyl (C=O) groups excluding carboxylic acids is 1. The van der Waals surface area contributed by atoms with Crippen LogP contribution in [0.1, 0.15) is 25.8 Å². The zero-order chi connectivity index (χ0) is 21.1. The summed E-state index contributed by atoms with van der Waals surface area (Å²) in [5, 5.41) is 2.87. The lowest BCUT2D eigenvalue weighted by atomic mass is 9.84. The van der Waals surface area contributed by atoms with E-state index in [2.05, 4.69) is 26.0 Å². The molecule has 9 heteroatoms. The minimum atomic E-state index is -3.64. The van der Waals surface area contributed by atoms with E-state index in [4.69, 9.17) is 9.47 Å². The molecule has 0 unspecified atom stereocenters. The maximum Gasteiger partial charge on any atom is 0.240 e. The van der Waals surface area contributed by atoms with Crippen molar-refractivity contribution < 1.29 is 22.7 Å². The highest BCUT2D eigenvalue weighted by Crippen LogP contribution is 2.36. The quantitative estimate of drug-likeness (QED) is 0.603. The molecule has 2 aromatic rings. The van der Waals surface area contributed by atoms with E-state index in [1.807, 2.05) is 32.0 Å². The third-order valence-electron chi connectivity index (χ3n) is 4.65. The van der Waals surface area contributed by atoms with Crippen LogP contribution < -0.4 is 19.5 Å². The van der Waals surface area contributed by atoms with E-state index in [0.29, 0.717) is 18.0 Å². The smallest absolute Gasteiger partial charge is 0.240 e. The first kappa shape index (κ1) is 21.6. The van der Waals surface area contributed by atoms with Crippen LogP contribution in [-0.4, -0.2) is 34.2 Å². The number of sulfonamides is 1. The van der Waals surface area contributed by atoms with Crippen molar-refractivity contribution in [1.29, 1.82) is 0 Å². The Morgan fingerprint density at radius 2 is 1.79 bits per heavy atom. The third kappa shape index (κ3) is 5.49. The lowest BCUT2D eigenvalue weighted by Crippen LogP contribution is -2.38. The van der Waals surface area contributed by atoms with Crippen molar-refractivity contribution in [1.82, 2.24) is 10.0 Å². The number of fused-ring (bicyclic) bond motifs is 1. The highest BCUT2D eigenvalue weighted by molar-refractivity contribution is 9.10. The molecule has 0 atom stereocenters. The molecule has 2 N–H and O–H groups in total. The molecular weight excluding hydrogens is 460 g/mol. The summed E-state index contributed by atoms with van der Waals surface area (Å²) >= 11 is 3.27. The van der Waals surface area contributed by atoms with Gasteiger partial charge in [0.05, 0.1) is 4.90 Å². The van der Waals surface area contributed by atoms with Crippen molar-refractivity contribution >= 4 is 31.9 Å². The molecule has 1 amide bonds. The summed E-state index contributed by atoms with van der Waals surface area (Å²) in [7, 11) is -3.64. The second-order valence-corrected chi connectivity index (χ2v) is 10.0. The molecule has 0 fully saturated rings. The molecule has 3 rings (SSSR count). The Balaban J connectivity index is 1.48. The van der Waals surface area contributed by atoms with E-state index in [-0.39, 0.29) is 36.0 Å². The molecule has 29 heavy (non-hydrogen) atoms. The summed E-state index contributed by atoms with van der Waals surface area (Å²) in [6.07, 6.45) is 0.0486. The minimum absolute atomic E-state index is 0.0225. The standard InChI is InChI=1S/C20H23BrN2O5S/c1-20(2,14-3-8-17-18(11-14)28-13-27-17)12-22-19(24)9-10-23-29(25,26)16-6-4-15(21)5-7-16/h3-8,11,23H,9-10,12-13H2,1-2H3,(H,22,24). The van der Waals surface area contributed by atoms with Gasteiger partial charge >= 0.3 is 0 Å². The number of halogens is 1. The molecule has 0 aliphatic carbocycles. The normalized spacial score (nSPS) is 13.3. The van der Waals surface area contributed by atoms with Gasteiger partial charge in [-0.3, -0.25) is 4.79 Å².